The van der Waals surface area contributed by atoms with Crippen molar-refractivity contribution >= 4 is 34.9 Å². The number of carbonyl (C=O) groups is 1. The first-order valence-corrected chi connectivity index (χ1v) is 11.5. The highest BCUT2D eigenvalue weighted by Crippen LogP contribution is 2.56. The minimum absolute atomic E-state index is 0.209. The molecule has 2 N–H and O–H groups in total. The molecule has 0 amide bonds. The number of carboxylic acid groups (broad SMARTS) is 1. The fourth-order valence-electron chi connectivity index (χ4n) is 5.54. The van der Waals surface area contributed by atoms with Crippen LogP contribution >= 0.6 is 11.6 Å². The minimum atomic E-state index is -0.744. The zero-order valence-corrected chi connectivity index (χ0v) is 18.8. The lowest BCUT2D eigenvalue weighted by molar-refractivity contribution is -0.143. The Morgan fingerprint density at radius 3 is 2.59 bits per heavy atom. The molecule has 0 aromatic heterocycles. The third kappa shape index (κ3) is 3.61. The van der Waals surface area contributed by atoms with Gasteiger partial charge in [0.1, 0.15) is 0 Å². The number of aliphatic carboxylic acids is 1. The minimum Gasteiger partial charge on any atom is -0.481 e. The second-order valence-electron chi connectivity index (χ2n) is 9.04. The van der Waals surface area contributed by atoms with Crippen LogP contribution in [0.1, 0.15) is 41.5 Å². The van der Waals surface area contributed by atoms with Gasteiger partial charge < -0.3 is 10.4 Å². The van der Waals surface area contributed by atoms with Crippen molar-refractivity contribution in [1.29, 1.82) is 0 Å². The maximum absolute atomic E-state index is 12.2. The van der Waals surface area contributed by atoms with Gasteiger partial charge >= 0.3 is 5.97 Å². The summed E-state index contributed by atoms with van der Waals surface area (Å²) in [6.45, 7) is 2.10. The second-order valence-corrected chi connectivity index (χ2v) is 9.48. The lowest BCUT2D eigenvalue weighted by Crippen LogP contribution is -2.46. The van der Waals surface area contributed by atoms with Gasteiger partial charge in [-0.15, -0.1) is 0 Å². The van der Waals surface area contributed by atoms with Gasteiger partial charge in [-0.3, -0.25) is 4.79 Å². The molecule has 0 saturated heterocycles. The van der Waals surface area contributed by atoms with Crippen LogP contribution in [0.15, 0.2) is 72.8 Å². The van der Waals surface area contributed by atoms with Crippen molar-refractivity contribution in [1.82, 2.24) is 0 Å². The molecule has 1 fully saturated rings. The molecule has 3 aromatic rings. The van der Waals surface area contributed by atoms with Crippen molar-refractivity contribution in [3.63, 3.8) is 0 Å². The highest BCUT2D eigenvalue weighted by molar-refractivity contribution is 6.30. The number of aryl methyl sites for hydroxylation is 1. The number of fused-ring (bicyclic) bond motifs is 2. The Balaban J connectivity index is 1.58. The summed E-state index contributed by atoms with van der Waals surface area (Å²) in [4.78, 5) is 12.2. The molecule has 0 heterocycles. The number of benzene rings is 3. The third-order valence-corrected chi connectivity index (χ3v) is 7.32. The fraction of sp³-hybridized carbons (Fsp3) is 0.250. The van der Waals surface area contributed by atoms with Gasteiger partial charge in [0.15, 0.2) is 0 Å². The molecule has 2 aliphatic carbocycles. The van der Waals surface area contributed by atoms with Gasteiger partial charge in [-0.1, -0.05) is 71.8 Å². The highest BCUT2D eigenvalue weighted by Gasteiger charge is 2.49. The fourth-order valence-corrected chi connectivity index (χ4v) is 5.73. The van der Waals surface area contributed by atoms with Crippen LogP contribution in [0, 0.1) is 12.8 Å². The van der Waals surface area contributed by atoms with Gasteiger partial charge in [-0.05, 0) is 72.7 Å². The first kappa shape index (κ1) is 20.8. The molecule has 1 unspecified atom stereocenters. The lowest BCUT2D eigenvalue weighted by atomic mass is 9.61. The highest BCUT2D eigenvalue weighted by atomic mass is 35.5. The Bertz CT molecular complexity index is 1200. The molecule has 4 heteroatoms. The van der Waals surface area contributed by atoms with Crippen molar-refractivity contribution < 1.29 is 9.90 Å². The van der Waals surface area contributed by atoms with Gasteiger partial charge in [-0.2, -0.15) is 0 Å². The van der Waals surface area contributed by atoms with E-state index < -0.39 is 11.9 Å². The van der Waals surface area contributed by atoms with Crippen molar-refractivity contribution in [3.8, 4) is 0 Å². The normalized spacial score (nSPS) is 24.1. The van der Waals surface area contributed by atoms with Crippen molar-refractivity contribution in [2.24, 2.45) is 5.92 Å². The van der Waals surface area contributed by atoms with Crippen LogP contribution in [-0.2, 0) is 10.2 Å². The predicted octanol–water partition coefficient (Wildman–Crippen LogP) is 6.81. The first-order valence-electron chi connectivity index (χ1n) is 11.1. The van der Waals surface area contributed by atoms with Crippen LogP contribution in [0.2, 0.25) is 5.02 Å². The Labute approximate surface area is 193 Å². The summed E-state index contributed by atoms with van der Waals surface area (Å²) in [5, 5.41) is 14.2. The topological polar surface area (TPSA) is 49.3 Å². The number of carboxylic acids is 1. The van der Waals surface area contributed by atoms with E-state index in [0.29, 0.717) is 17.9 Å². The zero-order chi connectivity index (χ0) is 22.3. The molecule has 162 valence electrons. The molecule has 3 nitrogen and oxygen atoms in total. The summed E-state index contributed by atoms with van der Waals surface area (Å²) in [7, 11) is 0. The Hall–Kier alpha value is -3.04. The molecule has 1 spiro atoms. The average Bonchev–Trinajstić information content (AvgIpc) is 3.08. The Morgan fingerprint density at radius 1 is 1.06 bits per heavy atom. The van der Waals surface area contributed by atoms with Crippen LogP contribution in [-0.4, -0.2) is 17.1 Å². The van der Waals surface area contributed by atoms with Crippen molar-refractivity contribution in [2.75, 3.05) is 5.32 Å². The number of allylic oxidation sites excluding steroid dienone is 1. The largest absolute Gasteiger partial charge is 0.481 e. The molecule has 0 radical (unpaired) electrons. The molecule has 3 atom stereocenters. The molecule has 2 aliphatic rings. The van der Waals surface area contributed by atoms with Crippen molar-refractivity contribution in [2.45, 2.75) is 37.6 Å². The Kier molecular flexibility index (Phi) is 5.30. The second kappa shape index (κ2) is 8.14. The smallest absolute Gasteiger partial charge is 0.308 e. The number of halogens is 1. The van der Waals surface area contributed by atoms with Gasteiger partial charge in [0.2, 0.25) is 0 Å². The standard InChI is InChI=1S/C28H26ClNO2/c1-18-9-11-19(12-10-18)25-15-20-5-2-3-8-24(20)28(25)14-13-23(27(31)32)26(17-28)30-22-7-4-6-21(29)16-22/h2-12,15-16,23,26,30H,13-14,17H2,1H3,(H,31,32)/t23-,26?,28-/m0/s1. The summed E-state index contributed by atoms with van der Waals surface area (Å²) in [6.07, 6.45) is 4.45. The molecule has 1 saturated carbocycles. The van der Waals surface area contributed by atoms with E-state index in [9.17, 15) is 9.90 Å². The first-order chi connectivity index (χ1) is 15.5. The van der Waals surface area contributed by atoms with E-state index in [-0.39, 0.29) is 11.5 Å². The Morgan fingerprint density at radius 2 is 1.84 bits per heavy atom. The van der Waals surface area contributed by atoms with Crippen LogP contribution < -0.4 is 5.32 Å². The SMILES string of the molecule is Cc1ccc(C2=Cc3ccccc3[C@@]23CC[C@H](C(=O)O)C(Nc2cccc(Cl)c2)C3)cc1. The number of anilines is 1. The molecule has 32 heavy (non-hydrogen) atoms. The molecule has 0 aliphatic heterocycles. The van der Waals surface area contributed by atoms with Gasteiger partial charge in [0.05, 0.1) is 5.92 Å². The van der Waals surface area contributed by atoms with E-state index in [1.165, 1.54) is 27.8 Å². The maximum Gasteiger partial charge on any atom is 0.308 e. The summed E-state index contributed by atoms with van der Waals surface area (Å²) in [5.74, 6) is -1.20. The van der Waals surface area contributed by atoms with E-state index in [1.807, 2.05) is 24.3 Å². The van der Waals surface area contributed by atoms with Crippen LogP contribution in [0.25, 0.3) is 11.6 Å². The summed E-state index contributed by atoms with van der Waals surface area (Å²) in [6, 6.07) is 24.6. The number of hydrogen-bond acceptors (Lipinski definition) is 2. The van der Waals surface area contributed by atoms with Crippen LogP contribution in [0.3, 0.4) is 0 Å². The molecule has 3 aromatic carbocycles. The van der Waals surface area contributed by atoms with E-state index >= 15 is 0 Å². The average molecular weight is 444 g/mol. The van der Waals surface area contributed by atoms with Gasteiger partial charge in [0, 0.05) is 22.2 Å². The molecular weight excluding hydrogens is 418 g/mol. The lowest BCUT2D eigenvalue weighted by Gasteiger charge is -2.44. The molecular formula is C28H26ClNO2. The summed E-state index contributed by atoms with van der Waals surface area (Å²) >= 11 is 6.20. The summed E-state index contributed by atoms with van der Waals surface area (Å²) in [5.41, 5.74) is 6.92. The zero-order valence-electron chi connectivity index (χ0n) is 18.0. The third-order valence-electron chi connectivity index (χ3n) is 7.08. The predicted molar refractivity (Wildman–Crippen MR) is 131 cm³/mol. The van der Waals surface area contributed by atoms with E-state index in [4.69, 9.17) is 11.6 Å². The molecule has 5 rings (SSSR count). The van der Waals surface area contributed by atoms with E-state index in [1.54, 1.807) is 0 Å². The number of nitrogens with one attached hydrogen (secondary N) is 1. The summed E-state index contributed by atoms with van der Waals surface area (Å²) < 4.78 is 0. The number of rotatable bonds is 4. The number of hydrogen-bond donors (Lipinski definition) is 2. The van der Waals surface area contributed by atoms with Crippen LogP contribution in [0.4, 0.5) is 5.69 Å². The van der Waals surface area contributed by atoms with E-state index in [2.05, 4.69) is 66.8 Å². The van der Waals surface area contributed by atoms with Gasteiger partial charge in [-0.25, -0.2) is 0 Å². The quantitative estimate of drug-likeness (QED) is 0.465. The maximum atomic E-state index is 12.2. The molecule has 0 bridgehead atoms. The van der Waals surface area contributed by atoms with E-state index in [0.717, 1.165) is 12.1 Å². The monoisotopic (exact) mass is 443 g/mol. The van der Waals surface area contributed by atoms with Crippen LogP contribution in [0.5, 0.6) is 0 Å². The van der Waals surface area contributed by atoms with Gasteiger partial charge in [0.25, 0.3) is 0 Å². The van der Waals surface area contributed by atoms with Crippen molar-refractivity contribution in [3.05, 3.63) is 100 Å².